The molecular weight excluding hydrogens is 368 g/mol. The van der Waals surface area contributed by atoms with E-state index in [9.17, 15) is 0 Å². The van der Waals surface area contributed by atoms with Crippen LogP contribution in [0.2, 0.25) is 0 Å². The van der Waals surface area contributed by atoms with Gasteiger partial charge in [-0.15, -0.1) is 0 Å². The Morgan fingerprint density at radius 2 is 1.93 bits per heavy atom. The van der Waals surface area contributed by atoms with Crippen molar-refractivity contribution in [3.63, 3.8) is 0 Å². The first-order chi connectivity index (χ1) is 14.1. The second-order valence-corrected chi connectivity index (χ2v) is 6.33. The van der Waals surface area contributed by atoms with Gasteiger partial charge in [0.05, 0.1) is 25.4 Å². The van der Waals surface area contributed by atoms with Crippen LogP contribution in [0.3, 0.4) is 0 Å². The van der Waals surface area contributed by atoms with E-state index < -0.39 is 0 Å². The molecule has 0 aliphatic carbocycles. The van der Waals surface area contributed by atoms with E-state index >= 15 is 0 Å². The van der Waals surface area contributed by atoms with Gasteiger partial charge in [-0.1, -0.05) is 12.1 Å². The van der Waals surface area contributed by atoms with Crippen LogP contribution in [0.4, 0.5) is 23.3 Å². The number of nitrogens with one attached hydrogen (secondary N) is 1. The molecule has 1 aromatic carbocycles. The molecule has 0 aliphatic rings. The molecule has 0 aliphatic heterocycles. The van der Waals surface area contributed by atoms with Crippen molar-refractivity contribution >= 4 is 34.2 Å². The van der Waals surface area contributed by atoms with Crippen molar-refractivity contribution in [1.29, 1.82) is 0 Å². The van der Waals surface area contributed by atoms with Gasteiger partial charge in [0.1, 0.15) is 11.6 Å². The third-order valence-corrected chi connectivity index (χ3v) is 4.30. The van der Waals surface area contributed by atoms with Crippen molar-refractivity contribution in [1.82, 2.24) is 19.9 Å². The zero-order valence-corrected chi connectivity index (χ0v) is 15.8. The Balaban J connectivity index is 1.55. The number of nitrogens with two attached hydrogens (primary N) is 2. The highest BCUT2D eigenvalue weighted by Crippen LogP contribution is 2.23. The number of rotatable bonds is 6. The van der Waals surface area contributed by atoms with Gasteiger partial charge in [0.25, 0.3) is 0 Å². The molecule has 0 saturated carbocycles. The number of anilines is 4. The maximum atomic E-state index is 6.25. The lowest BCUT2D eigenvalue weighted by Crippen LogP contribution is -2.32. The van der Waals surface area contributed by atoms with Crippen LogP contribution in [0.1, 0.15) is 5.56 Å². The Hall–Kier alpha value is -3.98. The van der Waals surface area contributed by atoms with Gasteiger partial charge >= 0.3 is 0 Å². The topological polar surface area (TPSA) is 128 Å². The zero-order chi connectivity index (χ0) is 20.2. The second-order valence-electron chi connectivity index (χ2n) is 6.33. The zero-order valence-electron chi connectivity index (χ0n) is 15.8. The minimum Gasteiger partial charge on any atom is -0.497 e. The molecule has 4 rings (SSSR count). The summed E-state index contributed by atoms with van der Waals surface area (Å²) in [5.74, 6) is 8.57. The first kappa shape index (κ1) is 18.4. The monoisotopic (exact) mass is 388 g/mol. The van der Waals surface area contributed by atoms with Gasteiger partial charge in [-0.25, -0.2) is 20.8 Å². The number of aromatic nitrogens is 4. The summed E-state index contributed by atoms with van der Waals surface area (Å²) in [6.45, 7) is 0.407. The van der Waals surface area contributed by atoms with Crippen LogP contribution in [-0.4, -0.2) is 27.0 Å². The molecule has 0 fully saturated rings. The van der Waals surface area contributed by atoms with Crippen LogP contribution >= 0.6 is 0 Å². The van der Waals surface area contributed by atoms with Gasteiger partial charge in [-0.2, -0.15) is 0 Å². The third kappa shape index (κ3) is 4.14. The second kappa shape index (κ2) is 7.95. The standard InChI is InChI=1S/C20H20N8O/c1-29-15-6-8-24-17(10-15)26-18-11-25-19(21)20(27-18)28(22)12-13-4-5-16-14(9-13)3-2-7-23-16/h2-11H,12,22H2,1H3,(H2,21,25)(H,24,26,27). The number of hydrazine groups is 1. The van der Waals surface area contributed by atoms with Gasteiger partial charge in [0, 0.05) is 23.8 Å². The van der Waals surface area contributed by atoms with Gasteiger partial charge in [-0.3, -0.25) is 9.99 Å². The highest BCUT2D eigenvalue weighted by Gasteiger charge is 2.12. The van der Waals surface area contributed by atoms with E-state index in [1.54, 1.807) is 31.6 Å². The van der Waals surface area contributed by atoms with Crippen molar-refractivity contribution in [3.8, 4) is 5.75 Å². The van der Waals surface area contributed by atoms with Crippen molar-refractivity contribution in [2.24, 2.45) is 5.84 Å². The molecule has 4 aromatic rings. The number of methoxy groups -OCH3 is 1. The van der Waals surface area contributed by atoms with Crippen LogP contribution in [-0.2, 0) is 6.54 Å². The van der Waals surface area contributed by atoms with Crippen LogP contribution in [0.15, 0.2) is 61.1 Å². The van der Waals surface area contributed by atoms with E-state index in [1.165, 1.54) is 11.2 Å². The lowest BCUT2D eigenvalue weighted by atomic mass is 10.1. The Morgan fingerprint density at radius 1 is 1.03 bits per heavy atom. The number of benzene rings is 1. The average Bonchev–Trinajstić information content (AvgIpc) is 2.75. The molecule has 9 heteroatoms. The molecule has 0 radical (unpaired) electrons. The summed E-state index contributed by atoms with van der Waals surface area (Å²) in [5.41, 5.74) is 7.93. The van der Waals surface area contributed by atoms with E-state index in [4.69, 9.17) is 16.3 Å². The van der Waals surface area contributed by atoms with E-state index in [0.29, 0.717) is 29.7 Å². The largest absolute Gasteiger partial charge is 0.497 e. The highest BCUT2D eigenvalue weighted by molar-refractivity contribution is 5.79. The smallest absolute Gasteiger partial charge is 0.188 e. The number of hydrogen-bond donors (Lipinski definition) is 3. The van der Waals surface area contributed by atoms with Gasteiger partial charge in [0.2, 0.25) is 0 Å². The van der Waals surface area contributed by atoms with Crippen LogP contribution in [0.25, 0.3) is 10.9 Å². The van der Waals surface area contributed by atoms with Crippen LogP contribution in [0, 0.1) is 0 Å². The predicted octanol–water partition coefficient (Wildman–Crippen LogP) is 2.63. The van der Waals surface area contributed by atoms with E-state index in [2.05, 4.69) is 25.3 Å². The number of nitrogens with zero attached hydrogens (tertiary/aromatic N) is 5. The molecule has 0 spiro atoms. The van der Waals surface area contributed by atoms with E-state index in [-0.39, 0.29) is 5.82 Å². The molecule has 0 atom stereocenters. The van der Waals surface area contributed by atoms with E-state index in [0.717, 1.165) is 16.5 Å². The normalized spacial score (nSPS) is 10.7. The first-order valence-corrected chi connectivity index (χ1v) is 8.88. The average molecular weight is 388 g/mol. The fourth-order valence-electron chi connectivity index (χ4n) is 2.89. The molecule has 3 aromatic heterocycles. The Labute approximate surface area is 167 Å². The quantitative estimate of drug-likeness (QED) is 0.337. The van der Waals surface area contributed by atoms with Crippen molar-refractivity contribution < 1.29 is 4.74 Å². The Morgan fingerprint density at radius 3 is 2.79 bits per heavy atom. The number of hydrogen-bond acceptors (Lipinski definition) is 9. The first-order valence-electron chi connectivity index (χ1n) is 8.88. The summed E-state index contributed by atoms with van der Waals surface area (Å²) < 4.78 is 5.20. The predicted molar refractivity (Wildman–Crippen MR) is 113 cm³/mol. The van der Waals surface area contributed by atoms with Crippen molar-refractivity contribution in [3.05, 3.63) is 66.6 Å². The van der Waals surface area contributed by atoms with Gasteiger partial charge in [0.15, 0.2) is 17.5 Å². The summed E-state index contributed by atoms with van der Waals surface area (Å²) in [6.07, 6.45) is 4.93. The maximum absolute atomic E-state index is 6.25. The molecule has 29 heavy (non-hydrogen) atoms. The lowest BCUT2D eigenvalue weighted by molar-refractivity contribution is 0.414. The summed E-state index contributed by atoms with van der Waals surface area (Å²) in [5, 5.41) is 5.58. The summed E-state index contributed by atoms with van der Waals surface area (Å²) in [4.78, 5) is 17.2. The Bertz CT molecular complexity index is 1150. The summed E-state index contributed by atoms with van der Waals surface area (Å²) in [7, 11) is 1.59. The minimum atomic E-state index is 0.235. The molecule has 0 unspecified atom stereocenters. The number of ether oxygens (including phenoxy) is 1. The summed E-state index contributed by atoms with van der Waals surface area (Å²) in [6, 6.07) is 13.4. The van der Waals surface area contributed by atoms with Gasteiger partial charge < -0.3 is 15.8 Å². The highest BCUT2D eigenvalue weighted by atomic mass is 16.5. The molecular formula is C20H20N8O. The molecule has 0 bridgehead atoms. The van der Waals surface area contributed by atoms with Crippen molar-refractivity contribution in [2.45, 2.75) is 6.54 Å². The maximum Gasteiger partial charge on any atom is 0.188 e. The van der Waals surface area contributed by atoms with E-state index in [1.807, 2.05) is 30.3 Å². The van der Waals surface area contributed by atoms with Crippen molar-refractivity contribution in [2.75, 3.05) is 23.2 Å². The number of fused-ring (bicyclic) bond motifs is 1. The van der Waals surface area contributed by atoms with Crippen LogP contribution in [0.5, 0.6) is 5.75 Å². The number of pyridine rings is 2. The SMILES string of the molecule is COc1ccnc(Nc2cnc(N)c(N(N)Cc3ccc4ncccc4c3)n2)c1. The lowest BCUT2D eigenvalue weighted by Gasteiger charge is -2.20. The van der Waals surface area contributed by atoms with Gasteiger partial charge in [-0.05, 0) is 29.8 Å². The molecule has 9 nitrogen and oxygen atoms in total. The number of nitrogen functional groups attached to an aromatic ring is 1. The minimum absolute atomic E-state index is 0.235. The third-order valence-electron chi connectivity index (χ3n) is 4.30. The molecule has 0 amide bonds. The fraction of sp³-hybridized carbons (Fsp3) is 0.100. The molecule has 0 saturated heterocycles. The Kier molecular flexibility index (Phi) is 5.04. The summed E-state index contributed by atoms with van der Waals surface area (Å²) >= 11 is 0. The van der Waals surface area contributed by atoms with Crippen LogP contribution < -0.4 is 26.6 Å². The molecule has 3 heterocycles. The molecule has 5 N–H and O–H groups in total. The fourth-order valence-corrected chi connectivity index (χ4v) is 2.89. The molecule has 146 valence electrons.